The van der Waals surface area contributed by atoms with Gasteiger partial charge in [-0.3, -0.25) is 19.5 Å². The number of hydrogen-bond acceptors (Lipinski definition) is 5. The number of ether oxygens (including phenoxy) is 1. The zero-order valence-corrected chi connectivity index (χ0v) is 18.5. The molecule has 9 nitrogen and oxygen atoms in total. The Hall–Kier alpha value is -3.72. The second-order valence-electron chi connectivity index (χ2n) is 8.72. The predicted octanol–water partition coefficient (Wildman–Crippen LogP) is 1.63. The molecule has 2 aromatic carbocycles. The summed E-state index contributed by atoms with van der Waals surface area (Å²) in [6.45, 7) is 1.60. The van der Waals surface area contributed by atoms with Gasteiger partial charge >= 0.3 is 0 Å². The van der Waals surface area contributed by atoms with Crippen molar-refractivity contribution >= 4 is 28.6 Å². The minimum Gasteiger partial charge on any atom is -0.368 e. The number of hydrogen-bond donors (Lipinski definition) is 1. The van der Waals surface area contributed by atoms with E-state index >= 15 is 0 Å². The molecule has 2 aliphatic rings. The predicted molar refractivity (Wildman–Crippen MR) is 121 cm³/mol. The Morgan fingerprint density at radius 1 is 0.939 bits per heavy atom. The first-order chi connectivity index (χ1) is 15.9. The molecule has 2 atom stereocenters. The van der Waals surface area contributed by atoms with Crippen LogP contribution in [0.15, 0.2) is 48.7 Å². The van der Waals surface area contributed by atoms with E-state index in [4.69, 9.17) is 4.74 Å². The molecule has 3 heterocycles. The van der Waals surface area contributed by atoms with E-state index in [1.54, 1.807) is 54.4 Å². The number of carbonyl (C=O) groups is 3. The second kappa shape index (κ2) is 8.32. The lowest BCUT2D eigenvalue weighted by Crippen LogP contribution is -2.61. The molecule has 0 spiro atoms. The number of aromatic nitrogens is 2. The first-order valence-electron chi connectivity index (χ1n) is 10.9. The summed E-state index contributed by atoms with van der Waals surface area (Å²) in [4.78, 5) is 43.8. The Bertz CT molecular complexity index is 1220. The van der Waals surface area contributed by atoms with Crippen molar-refractivity contribution in [2.45, 2.75) is 12.2 Å². The van der Waals surface area contributed by atoms with Crippen LogP contribution in [0.4, 0.5) is 0 Å². The summed E-state index contributed by atoms with van der Waals surface area (Å²) in [6.07, 6.45) is 1.14. The lowest BCUT2D eigenvalue weighted by atomic mass is 10.0. The lowest BCUT2D eigenvalue weighted by Gasteiger charge is -2.45. The maximum Gasteiger partial charge on any atom is 0.254 e. The SMILES string of the molecule is CN(C)C(=O)c1cccc(C(=O)N2CC3CN(C(=O)c4cccc5[nH]ncc45)CC(C2)O3)c1. The quantitative estimate of drug-likeness (QED) is 0.658. The van der Waals surface area contributed by atoms with E-state index in [1.807, 2.05) is 18.2 Å². The summed E-state index contributed by atoms with van der Waals surface area (Å²) >= 11 is 0. The molecule has 0 aliphatic carbocycles. The lowest BCUT2D eigenvalue weighted by molar-refractivity contribution is -0.121. The average molecular weight is 447 g/mol. The zero-order chi connectivity index (χ0) is 23.1. The van der Waals surface area contributed by atoms with E-state index in [2.05, 4.69) is 10.2 Å². The third kappa shape index (κ3) is 3.95. The van der Waals surface area contributed by atoms with Crippen LogP contribution in [-0.2, 0) is 4.74 Å². The van der Waals surface area contributed by atoms with Gasteiger partial charge in [-0.25, -0.2) is 0 Å². The van der Waals surface area contributed by atoms with E-state index in [-0.39, 0.29) is 29.9 Å². The van der Waals surface area contributed by atoms with Crippen molar-refractivity contribution in [1.82, 2.24) is 24.9 Å². The van der Waals surface area contributed by atoms with Gasteiger partial charge in [0.2, 0.25) is 0 Å². The number of morpholine rings is 2. The fourth-order valence-corrected chi connectivity index (χ4v) is 4.57. The highest BCUT2D eigenvalue weighted by Crippen LogP contribution is 2.24. The van der Waals surface area contributed by atoms with Crippen molar-refractivity contribution in [2.75, 3.05) is 40.3 Å². The number of nitrogens with zero attached hydrogens (tertiary/aromatic N) is 4. The van der Waals surface area contributed by atoms with Gasteiger partial charge in [-0.05, 0) is 30.3 Å². The fourth-order valence-electron chi connectivity index (χ4n) is 4.57. The molecule has 1 aromatic heterocycles. The van der Waals surface area contributed by atoms with Crippen molar-refractivity contribution < 1.29 is 19.1 Å². The first-order valence-corrected chi connectivity index (χ1v) is 10.9. The minimum absolute atomic E-state index is 0.0602. The van der Waals surface area contributed by atoms with Gasteiger partial charge in [0.25, 0.3) is 17.7 Å². The Morgan fingerprint density at radius 3 is 2.27 bits per heavy atom. The van der Waals surface area contributed by atoms with Gasteiger partial charge in [-0.1, -0.05) is 12.1 Å². The Kier molecular flexibility index (Phi) is 5.33. The van der Waals surface area contributed by atoms with Gasteiger partial charge in [-0.15, -0.1) is 0 Å². The number of fused-ring (bicyclic) bond motifs is 3. The van der Waals surface area contributed by atoms with Gasteiger partial charge in [0.15, 0.2) is 0 Å². The molecule has 2 bridgehead atoms. The van der Waals surface area contributed by atoms with E-state index in [0.717, 1.165) is 10.9 Å². The van der Waals surface area contributed by atoms with Crippen LogP contribution in [0.5, 0.6) is 0 Å². The highest BCUT2D eigenvalue weighted by atomic mass is 16.5. The van der Waals surface area contributed by atoms with Crippen LogP contribution in [0.1, 0.15) is 31.1 Å². The molecule has 0 saturated carbocycles. The van der Waals surface area contributed by atoms with E-state index in [9.17, 15) is 14.4 Å². The summed E-state index contributed by atoms with van der Waals surface area (Å²) in [5.74, 6) is -0.343. The summed E-state index contributed by atoms with van der Waals surface area (Å²) in [6, 6.07) is 12.3. The average Bonchev–Trinajstić information content (AvgIpc) is 3.31. The van der Waals surface area contributed by atoms with Crippen molar-refractivity contribution in [1.29, 1.82) is 0 Å². The van der Waals surface area contributed by atoms with E-state index < -0.39 is 0 Å². The molecule has 2 unspecified atom stereocenters. The van der Waals surface area contributed by atoms with Crippen molar-refractivity contribution in [3.63, 3.8) is 0 Å². The third-order valence-corrected chi connectivity index (χ3v) is 6.13. The molecular formula is C24H25N5O4. The Balaban J connectivity index is 1.30. The van der Waals surface area contributed by atoms with Gasteiger partial charge in [0, 0.05) is 56.8 Å². The molecule has 3 aromatic rings. The van der Waals surface area contributed by atoms with Gasteiger partial charge < -0.3 is 19.4 Å². The number of rotatable bonds is 3. The van der Waals surface area contributed by atoms with E-state index in [1.165, 1.54) is 4.90 Å². The van der Waals surface area contributed by atoms with Crippen LogP contribution in [-0.4, -0.2) is 95.1 Å². The summed E-state index contributed by atoms with van der Waals surface area (Å²) < 4.78 is 6.05. The summed E-state index contributed by atoms with van der Waals surface area (Å²) in [7, 11) is 3.36. The maximum atomic E-state index is 13.2. The van der Waals surface area contributed by atoms with Crippen LogP contribution in [0.2, 0.25) is 0 Å². The summed E-state index contributed by atoms with van der Waals surface area (Å²) in [5, 5.41) is 7.73. The number of benzene rings is 2. The minimum atomic E-state index is -0.263. The Morgan fingerprint density at radius 2 is 1.58 bits per heavy atom. The molecule has 5 rings (SSSR count). The number of carbonyl (C=O) groups excluding carboxylic acids is 3. The summed E-state index contributed by atoms with van der Waals surface area (Å²) in [5.41, 5.74) is 2.38. The van der Waals surface area contributed by atoms with Crippen molar-refractivity contribution in [2.24, 2.45) is 0 Å². The standard InChI is InChI=1S/C24H25N5O4/c1-27(2)22(30)15-5-3-6-16(9-15)23(31)28-11-17-13-29(14-18(12-28)33-17)24(32)19-7-4-8-21-20(19)10-25-26-21/h3-10,17-18H,11-14H2,1-2H3,(H,25,26). The van der Waals surface area contributed by atoms with Crippen LogP contribution < -0.4 is 0 Å². The molecule has 2 fully saturated rings. The molecule has 33 heavy (non-hydrogen) atoms. The van der Waals surface area contributed by atoms with Crippen LogP contribution in [0, 0.1) is 0 Å². The third-order valence-electron chi connectivity index (χ3n) is 6.13. The molecule has 3 amide bonds. The highest BCUT2D eigenvalue weighted by molar-refractivity contribution is 6.06. The monoisotopic (exact) mass is 447 g/mol. The van der Waals surface area contributed by atoms with Crippen LogP contribution in [0.3, 0.4) is 0 Å². The van der Waals surface area contributed by atoms with Crippen molar-refractivity contribution in [3.05, 3.63) is 65.4 Å². The smallest absolute Gasteiger partial charge is 0.254 e. The van der Waals surface area contributed by atoms with Crippen LogP contribution >= 0.6 is 0 Å². The normalized spacial score (nSPS) is 20.1. The number of nitrogens with one attached hydrogen (secondary N) is 1. The molecule has 1 N–H and O–H groups in total. The van der Waals surface area contributed by atoms with Gasteiger partial charge in [-0.2, -0.15) is 5.10 Å². The van der Waals surface area contributed by atoms with E-state index in [0.29, 0.717) is 42.9 Å². The molecule has 2 aliphatic heterocycles. The topological polar surface area (TPSA) is 98.8 Å². The fraction of sp³-hybridized carbons (Fsp3) is 0.333. The zero-order valence-electron chi connectivity index (χ0n) is 18.5. The van der Waals surface area contributed by atoms with Crippen molar-refractivity contribution in [3.8, 4) is 0 Å². The van der Waals surface area contributed by atoms with Crippen LogP contribution in [0.25, 0.3) is 10.9 Å². The highest BCUT2D eigenvalue weighted by Gasteiger charge is 2.39. The van der Waals surface area contributed by atoms with Gasteiger partial charge in [0.05, 0.1) is 29.5 Å². The molecular weight excluding hydrogens is 422 g/mol. The largest absolute Gasteiger partial charge is 0.368 e. The maximum absolute atomic E-state index is 13.2. The number of amides is 3. The second-order valence-corrected chi connectivity index (χ2v) is 8.72. The number of aromatic amines is 1. The molecule has 170 valence electrons. The Labute approximate surface area is 190 Å². The molecule has 0 radical (unpaired) electrons. The van der Waals surface area contributed by atoms with Gasteiger partial charge in [0.1, 0.15) is 0 Å². The first kappa shape index (κ1) is 21.1. The molecule has 9 heteroatoms. The molecule has 2 saturated heterocycles. The number of H-pyrrole nitrogens is 1.